The van der Waals surface area contributed by atoms with E-state index in [4.69, 9.17) is 19.6 Å². The number of nitrogens with zero attached hydrogens (tertiary/aromatic N) is 2. The van der Waals surface area contributed by atoms with E-state index in [-0.39, 0.29) is 17.1 Å². The van der Waals surface area contributed by atoms with Gasteiger partial charge in [-0.3, -0.25) is 5.41 Å². The SMILES string of the molecule is COc1cc2c(c(F)c1OC)C(=N)N(C[CH]c1cc(C(C)C)c3c(c1)N(C)CCO3)C2. The van der Waals surface area contributed by atoms with Gasteiger partial charge in [0.25, 0.3) is 0 Å². The van der Waals surface area contributed by atoms with Gasteiger partial charge in [0, 0.05) is 26.6 Å². The first-order valence-corrected chi connectivity index (χ1v) is 10.5. The first kappa shape index (κ1) is 21.3. The Morgan fingerprint density at radius 2 is 2.00 bits per heavy atom. The number of hydrogen-bond donors (Lipinski definition) is 1. The molecule has 0 aromatic heterocycles. The summed E-state index contributed by atoms with van der Waals surface area (Å²) in [5.41, 5.74) is 4.35. The molecule has 1 N–H and O–H groups in total. The highest BCUT2D eigenvalue weighted by Gasteiger charge is 2.31. The van der Waals surface area contributed by atoms with Crippen LogP contribution in [0.25, 0.3) is 0 Å². The molecule has 6 nitrogen and oxygen atoms in total. The fourth-order valence-electron chi connectivity index (χ4n) is 4.25. The van der Waals surface area contributed by atoms with Crippen molar-refractivity contribution >= 4 is 11.5 Å². The van der Waals surface area contributed by atoms with Gasteiger partial charge < -0.3 is 24.0 Å². The van der Waals surface area contributed by atoms with Crippen molar-refractivity contribution in [3.63, 3.8) is 0 Å². The molecule has 0 atom stereocenters. The number of fused-ring (bicyclic) bond motifs is 2. The van der Waals surface area contributed by atoms with Crippen molar-refractivity contribution in [2.45, 2.75) is 26.3 Å². The molecule has 1 radical (unpaired) electrons. The van der Waals surface area contributed by atoms with E-state index in [2.05, 4.69) is 44.3 Å². The van der Waals surface area contributed by atoms with Gasteiger partial charge >= 0.3 is 0 Å². The Kier molecular flexibility index (Phi) is 5.69. The molecule has 0 saturated carbocycles. The van der Waals surface area contributed by atoms with Crippen LogP contribution in [0.5, 0.6) is 17.2 Å². The Morgan fingerprint density at radius 1 is 1.23 bits per heavy atom. The Morgan fingerprint density at radius 3 is 2.68 bits per heavy atom. The molecule has 0 spiro atoms. The summed E-state index contributed by atoms with van der Waals surface area (Å²) in [4.78, 5) is 4.06. The molecule has 165 valence electrons. The minimum atomic E-state index is -0.543. The monoisotopic (exact) mass is 426 g/mol. The number of anilines is 1. The highest BCUT2D eigenvalue weighted by Crippen LogP contribution is 2.41. The van der Waals surface area contributed by atoms with Crippen LogP contribution in [-0.2, 0) is 6.54 Å². The molecule has 2 aromatic carbocycles. The van der Waals surface area contributed by atoms with Gasteiger partial charge in [0.1, 0.15) is 18.2 Å². The lowest BCUT2D eigenvalue weighted by atomic mass is 9.96. The zero-order valence-corrected chi connectivity index (χ0v) is 18.7. The van der Waals surface area contributed by atoms with Crippen LogP contribution >= 0.6 is 0 Å². The number of nitrogens with one attached hydrogen (secondary N) is 1. The minimum absolute atomic E-state index is 0.0381. The fraction of sp³-hybridized carbons (Fsp3) is 0.417. The van der Waals surface area contributed by atoms with Crippen LogP contribution in [0.4, 0.5) is 10.1 Å². The van der Waals surface area contributed by atoms with Gasteiger partial charge in [0.15, 0.2) is 17.3 Å². The Labute approximate surface area is 183 Å². The largest absolute Gasteiger partial charge is 0.493 e. The van der Waals surface area contributed by atoms with Gasteiger partial charge in [-0.15, -0.1) is 0 Å². The summed E-state index contributed by atoms with van der Waals surface area (Å²) in [7, 11) is 4.96. The van der Waals surface area contributed by atoms with Crippen LogP contribution in [0, 0.1) is 17.6 Å². The predicted octanol–water partition coefficient (Wildman–Crippen LogP) is 4.19. The number of methoxy groups -OCH3 is 2. The summed E-state index contributed by atoms with van der Waals surface area (Å²) >= 11 is 0. The van der Waals surface area contributed by atoms with Crippen molar-refractivity contribution in [1.29, 1.82) is 5.41 Å². The standard InChI is InChI=1S/C24H29FN3O3/c1-14(2)17-10-15(11-18-22(17)31-9-8-27(18)3)6-7-28-13-16-12-19(29-4)23(30-5)21(25)20(16)24(28)26/h6,10-12,14,26H,7-9,13H2,1-5H3. The second-order valence-electron chi connectivity index (χ2n) is 8.28. The van der Waals surface area contributed by atoms with Gasteiger partial charge in [-0.25, -0.2) is 4.39 Å². The van der Waals surface area contributed by atoms with Gasteiger partial charge in [-0.1, -0.05) is 19.9 Å². The van der Waals surface area contributed by atoms with Crippen LogP contribution in [0.2, 0.25) is 0 Å². The van der Waals surface area contributed by atoms with Gasteiger partial charge in [0.05, 0.1) is 32.0 Å². The molecule has 0 bridgehead atoms. The van der Waals surface area contributed by atoms with E-state index in [1.165, 1.54) is 19.8 Å². The molecule has 2 heterocycles. The number of benzene rings is 2. The summed E-state index contributed by atoms with van der Waals surface area (Å²) in [5, 5.41) is 8.53. The topological polar surface area (TPSA) is 58.0 Å². The average Bonchev–Trinajstić information content (AvgIpc) is 3.07. The van der Waals surface area contributed by atoms with Gasteiger partial charge in [0.2, 0.25) is 0 Å². The quantitative estimate of drug-likeness (QED) is 0.751. The van der Waals surface area contributed by atoms with E-state index in [9.17, 15) is 4.39 Å². The predicted molar refractivity (Wildman–Crippen MR) is 119 cm³/mol. The molecule has 4 rings (SSSR count). The van der Waals surface area contributed by atoms with E-state index in [1.807, 2.05) is 4.90 Å². The summed E-state index contributed by atoms with van der Waals surface area (Å²) in [6.07, 6.45) is 2.08. The van der Waals surface area contributed by atoms with Crippen molar-refractivity contribution in [1.82, 2.24) is 4.90 Å². The number of ether oxygens (including phenoxy) is 3. The second kappa shape index (κ2) is 8.29. The molecular weight excluding hydrogens is 397 g/mol. The third-order valence-electron chi connectivity index (χ3n) is 5.98. The van der Waals surface area contributed by atoms with E-state index in [0.717, 1.165) is 29.1 Å². The van der Waals surface area contributed by atoms with Crippen LogP contribution in [0.15, 0.2) is 18.2 Å². The molecule has 2 aliphatic rings. The first-order valence-electron chi connectivity index (χ1n) is 10.5. The Hall–Kier alpha value is -2.96. The number of likely N-dealkylation sites (N-methyl/N-ethyl adjacent to an activating group) is 1. The third kappa shape index (κ3) is 3.66. The number of halogens is 1. The minimum Gasteiger partial charge on any atom is -0.493 e. The van der Waals surface area contributed by atoms with Crippen molar-refractivity contribution in [3.8, 4) is 17.2 Å². The maximum absolute atomic E-state index is 15.0. The van der Waals surface area contributed by atoms with E-state index < -0.39 is 5.82 Å². The molecule has 0 amide bonds. The smallest absolute Gasteiger partial charge is 0.197 e. The van der Waals surface area contributed by atoms with E-state index in [1.54, 1.807) is 6.07 Å². The van der Waals surface area contributed by atoms with Crippen molar-refractivity contribution in [2.75, 3.05) is 45.9 Å². The van der Waals surface area contributed by atoms with E-state index >= 15 is 0 Å². The molecule has 31 heavy (non-hydrogen) atoms. The zero-order valence-electron chi connectivity index (χ0n) is 18.7. The maximum atomic E-state index is 15.0. The number of amidine groups is 1. The second-order valence-corrected chi connectivity index (χ2v) is 8.28. The van der Waals surface area contributed by atoms with Crippen LogP contribution in [0.1, 0.15) is 42.0 Å². The Balaban J connectivity index is 1.57. The Bertz CT molecular complexity index is 1000. The summed E-state index contributed by atoms with van der Waals surface area (Å²) in [6, 6.07) is 6.04. The normalized spacial score (nSPS) is 15.1. The average molecular weight is 427 g/mol. The lowest BCUT2D eigenvalue weighted by Gasteiger charge is -2.31. The summed E-state index contributed by atoms with van der Waals surface area (Å²) < 4.78 is 31.4. The lowest BCUT2D eigenvalue weighted by molar-refractivity contribution is 0.306. The first-order chi connectivity index (χ1) is 14.8. The molecule has 7 heteroatoms. The summed E-state index contributed by atoms with van der Waals surface area (Å²) in [6.45, 7) is 6.81. The molecule has 0 saturated heterocycles. The molecule has 0 fully saturated rings. The third-order valence-corrected chi connectivity index (χ3v) is 5.98. The van der Waals surface area contributed by atoms with Crippen LogP contribution < -0.4 is 19.1 Å². The molecular formula is C24H29FN3O3. The molecule has 2 aliphatic heterocycles. The van der Waals surface area contributed by atoms with Crippen LogP contribution in [0.3, 0.4) is 0 Å². The van der Waals surface area contributed by atoms with Gasteiger partial charge in [-0.2, -0.15) is 0 Å². The highest BCUT2D eigenvalue weighted by molar-refractivity contribution is 6.01. The zero-order chi connectivity index (χ0) is 22.3. The van der Waals surface area contributed by atoms with Crippen molar-refractivity contribution in [3.05, 3.63) is 52.7 Å². The lowest BCUT2D eigenvalue weighted by Crippen LogP contribution is -2.30. The molecule has 0 unspecified atom stereocenters. The highest BCUT2D eigenvalue weighted by atomic mass is 19.1. The van der Waals surface area contributed by atoms with Crippen molar-refractivity contribution in [2.24, 2.45) is 0 Å². The van der Waals surface area contributed by atoms with Crippen LogP contribution in [-0.4, -0.2) is 51.7 Å². The molecule has 2 aromatic rings. The maximum Gasteiger partial charge on any atom is 0.197 e. The fourth-order valence-corrected chi connectivity index (χ4v) is 4.25. The summed E-state index contributed by atoms with van der Waals surface area (Å²) in [5.74, 6) is 1.29. The number of hydrogen-bond acceptors (Lipinski definition) is 5. The number of rotatable bonds is 6. The van der Waals surface area contributed by atoms with Crippen molar-refractivity contribution < 1.29 is 18.6 Å². The molecule has 0 aliphatic carbocycles. The van der Waals surface area contributed by atoms with Gasteiger partial charge in [-0.05, 0) is 34.7 Å². The van der Waals surface area contributed by atoms with E-state index in [0.29, 0.717) is 31.4 Å².